The Morgan fingerprint density at radius 2 is 2.11 bits per heavy atom. The average molecular weight is 279 g/mol. The quantitative estimate of drug-likeness (QED) is 0.869. The minimum absolute atomic E-state index is 0.167. The highest BCUT2D eigenvalue weighted by molar-refractivity contribution is 7.11. The van der Waals surface area contributed by atoms with E-state index in [0.717, 1.165) is 9.88 Å². The van der Waals surface area contributed by atoms with Crippen LogP contribution in [0.1, 0.15) is 30.7 Å². The second-order valence-electron chi connectivity index (χ2n) is 3.99. The number of aromatic nitrogens is 3. The second-order valence-corrected chi connectivity index (χ2v) is 5.39. The summed E-state index contributed by atoms with van der Waals surface area (Å²) in [6.45, 7) is 3.64. The van der Waals surface area contributed by atoms with Gasteiger partial charge < -0.3 is 11.1 Å². The van der Waals surface area contributed by atoms with Gasteiger partial charge in [0.15, 0.2) is 0 Å². The number of hydrogen-bond donors (Lipinski definition) is 2. The molecular weight excluding hydrogens is 266 g/mol. The fraction of sp³-hybridized carbons (Fsp3) is 0.273. The van der Waals surface area contributed by atoms with Gasteiger partial charge in [-0.25, -0.2) is 4.98 Å². The standard InChI is InChI=1S/C11H13N5O2S/c1-5-8(14-6(2)19-5)11(18)15-10-7(9(12)17)4-13-16(10)3/h4H,1-3H3,(H2,12,17)(H,15,18). The van der Waals surface area contributed by atoms with Crippen molar-refractivity contribution in [1.82, 2.24) is 14.8 Å². The van der Waals surface area contributed by atoms with Gasteiger partial charge in [-0.3, -0.25) is 14.3 Å². The molecule has 2 rings (SSSR count). The lowest BCUT2D eigenvalue weighted by Crippen LogP contribution is -2.20. The van der Waals surface area contributed by atoms with Crippen molar-refractivity contribution in [2.75, 3.05) is 5.32 Å². The molecule has 3 N–H and O–H groups in total. The van der Waals surface area contributed by atoms with E-state index in [9.17, 15) is 9.59 Å². The van der Waals surface area contributed by atoms with Gasteiger partial charge in [-0.05, 0) is 13.8 Å². The fourth-order valence-corrected chi connectivity index (χ4v) is 2.49. The van der Waals surface area contributed by atoms with Gasteiger partial charge in [-0.2, -0.15) is 5.10 Å². The molecule has 0 unspecified atom stereocenters. The molecule has 0 bridgehead atoms. The van der Waals surface area contributed by atoms with Crippen LogP contribution in [0.3, 0.4) is 0 Å². The normalized spacial score (nSPS) is 10.5. The molecule has 0 aliphatic rings. The molecule has 0 spiro atoms. The second kappa shape index (κ2) is 4.81. The van der Waals surface area contributed by atoms with Crippen LogP contribution in [0.25, 0.3) is 0 Å². The van der Waals surface area contributed by atoms with Gasteiger partial charge in [0, 0.05) is 11.9 Å². The van der Waals surface area contributed by atoms with Crippen LogP contribution in [0, 0.1) is 13.8 Å². The van der Waals surface area contributed by atoms with Crippen LogP contribution in [0.4, 0.5) is 5.82 Å². The summed E-state index contributed by atoms with van der Waals surface area (Å²) in [6.07, 6.45) is 1.32. The van der Waals surface area contributed by atoms with Crippen molar-refractivity contribution in [3.63, 3.8) is 0 Å². The van der Waals surface area contributed by atoms with Gasteiger partial charge in [-0.15, -0.1) is 11.3 Å². The van der Waals surface area contributed by atoms with Crippen LogP contribution in [-0.2, 0) is 7.05 Å². The SMILES string of the molecule is Cc1nc(C(=O)Nc2c(C(N)=O)cnn2C)c(C)s1. The third-order valence-electron chi connectivity index (χ3n) is 2.55. The minimum Gasteiger partial charge on any atom is -0.365 e. The lowest BCUT2D eigenvalue weighted by atomic mass is 10.3. The van der Waals surface area contributed by atoms with Crippen molar-refractivity contribution in [3.8, 4) is 0 Å². The first-order chi connectivity index (χ1) is 8.90. The van der Waals surface area contributed by atoms with Crippen molar-refractivity contribution in [2.45, 2.75) is 13.8 Å². The van der Waals surface area contributed by atoms with Gasteiger partial charge in [0.2, 0.25) is 0 Å². The molecule has 19 heavy (non-hydrogen) atoms. The van der Waals surface area contributed by atoms with E-state index >= 15 is 0 Å². The molecule has 2 amide bonds. The summed E-state index contributed by atoms with van der Waals surface area (Å²) in [4.78, 5) is 28.3. The lowest BCUT2D eigenvalue weighted by molar-refractivity contribution is 0.100. The Hall–Kier alpha value is -2.22. The van der Waals surface area contributed by atoms with Crippen LogP contribution < -0.4 is 11.1 Å². The summed E-state index contributed by atoms with van der Waals surface area (Å²) >= 11 is 1.44. The van der Waals surface area contributed by atoms with Crippen LogP contribution >= 0.6 is 11.3 Å². The molecule has 0 saturated heterocycles. The molecule has 2 aromatic heterocycles. The van der Waals surface area contributed by atoms with Crippen molar-refractivity contribution in [3.05, 3.63) is 27.3 Å². The Morgan fingerprint density at radius 1 is 1.42 bits per heavy atom. The molecule has 0 aliphatic carbocycles. The topological polar surface area (TPSA) is 103 Å². The highest BCUT2D eigenvalue weighted by atomic mass is 32.1. The Morgan fingerprint density at radius 3 is 2.63 bits per heavy atom. The minimum atomic E-state index is -0.644. The van der Waals surface area contributed by atoms with E-state index in [4.69, 9.17) is 5.73 Å². The van der Waals surface area contributed by atoms with E-state index in [1.807, 2.05) is 13.8 Å². The maximum absolute atomic E-state index is 12.1. The number of nitrogens with one attached hydrogen (secondary N) is 1. The van der Waals surface area contributed by atoms with Crippen molar-refractivity contribution < 1.29 is 9.59 Å². The molecule has 2 aromatic rings. The van der Waals surface area contributed by atoms with E-state index in [-0.39, 0.29) is 17.3 Å². The number of nitrogens with two attached hydrogens (primary N) is 1. The third-order valence-corrected chi connectivity index (χ3v) is 3.44. The van der Waals surface area contributed by atoms with E-state index in [1.165, 1.54) is 22.2 Å². The maximum Gasteiger partial charge on any atom is 0.276 e. The van der Waals surface area contributed by atoms with Crippen molar-refractivity contribution in [1.29, 1.82) is 0 Å². The zero-order valence-electron chi connectivity index (χ0n) is 10.7. The number of aryl methyl sites for hydroxylation is 3. The summed E-state index contributed by atoms with van der Waals surface area (Å²) in [5.74, 6) is -0.759. The molecule has 0 saturated carbocycles. The summed E-state index contributed by atoms with van der Waals surface area (Å²) in [5, 5.41) is 7.32. The molecule has 0 aromatic carbocycles. The molecule has 0 fully saturated rings. The molecule has 0 radical (unpaired) electrons. The first-order valence-corrected chi connectivity index (χ1v) is 6.29. The summed E-state index contributed by atoms with van der Waals surface area (Å²) in [5.41, 5.74) is 5.73. The van der Waals surface area contributed by atoms with Gasteiger partial charge >= 0.3 is 0 Å². The molecule has 7 nitrogen and oxygen atoms in total. The number of rotatable bonds is 3. The zero-order valence-corrected chi connectivity index (χ0v) is 11.5. The average Bonchev–Trinajstić information content (AvgIpc) is 2.83. The highest BCUT2D eigenvalue weighted by Gasteiger charge is 2.19. The van der Waals surface area contributed by atoms with E-state index in [2.05, 4.69) is 15.4 Å². The van der Waals surface area contributed by atoms with Crippen LogP contribution in [0.15, 0.2) is 6.20 Å². The number of carbonyl (C=O) groups excluding carboxylic acids is 2. The fourth-order valence-electron chi connectivity index (χ4n) is 1.67. The Balaban J connectivity index is 2.31. The van der Waals surface area contributed by atoms with Crippen molar-refractivity contribution >= 4 is 29.0 Å². The van der Waals surface area contributed by atoms with E-state index < -0.39 is 5.91 Å². The first-order valence-electron chi connectivity index (χ1n) is 5.47. The first kappa shape index (κ1) is 13.2. The predicted octanol–water partition coefficient (Wildman–Crippen LogP) is 0.845. The number of anilines is 1. The number of thiazole rings is 1. The smallest absolute Gasteiger partial charge is 0.276 e. The number of amides is 2. The number of primary amides is 1. The zero-order chi connectivity index (χ0) is 14.2. The number of carbonyl (C=O) groups is 2. The molecule has 100 valence electrons. The maximum atomic E-state index is 12.1. The monoisotopic (exact) mass is 279 g/mol. The van der Waals surface area contributed by atoms with Gasteiger partial charge in [-0.1, -0.05) is 0 Å². The Kier molecular flexibility index (Phi) is 3.34. The molecule has 0 aliphatic heterocycles. The molecular formula is C11H13N5O2S. The van der Waals surface area contributed by atoms with Gasteiger partial charge in [0.25, 0.3) is 11.8 Å². The highest BCUT2D eigenvalue weighted by Crippen LogP contribution is 2.19. The van der Waals surface area contributed by atoms with Crippen LogP contribution in [-0.4, -0.2) is 26.6 Å². The summed E-state index contributed by atoms with van der Waals surface area (Å²) < 4.78 is 1.38. The number of hydrogen-bond acceptors (Lipinski definition) is 5. The summed E-state index contributed by atoms with van der Waals surface area (Å²) in [7, 11) is 1.61. The molecule has 8 heteroatoms. The lowest BCUT2D eigenvalue weighted by Gasteiger charge is -2.06. The largest absolute Gasteiger partial charge is 0.365 e. The van der Waals surface area contributed by atoms with Gasteiger partial charge in [0.05, 0.1) is 11.2 Å². The van der Waals surface area contributed by atoms with Crippen LogP contribution in [0.2, 0.25) is 0 Å². The van der Waals surface area contributed by atoms with Gasteiger partial charge in [0.1, 0.15) is 17.1 Å². The Labute approximate surface area is 113 Å². The van der Waals surface area contributed by atoms with Crippen molar-refractivity contribution in [2.24, 2.45) is 12.8 Å². The molecule has 0 atom stereocenters. The Bertz CT molecular complexity index is 658. The number of nitrogens with zero attached hydrogens (tertiary/aromatic N) is 3. The predicted molar refractivity (Wildman–Crippen MR) is 71.3 cm³/mol. The van der Waals surface area contributed by atoms with Crippen LogP contribution in [0.5, 0.6) is 0 Å². The third kappa shape index (κ3) is 2.48. The summed E-state index contributed by atoms with van der Waals surface area (Å²) in [6, 6.07) is 0. The van der Waals surface area contributed by atoms with E-state index in [1.54, 1.807) is 7.05 Å². The van der Waals surface area contributed by atoms with E-state index in [0.29, 0.717) is 5.69 Å². The molecule has 2 heterocycles.